The summed E-state index contributed by atoms with van der Waals surface area (Å²) in [4.78, 5) is 23.8. The van der Waals surface area contributed by atoms with Crippen LogP contribution in [-0.2, 0) is 16.1 Å². The highest BCUT2D eigenvalue weighted by Crippen LogP contribution is 2.51. The van der Waals surface area contributed by atoms with Gasteiger partial charge in [0.2, 0.25) is 0 Å². The molecule has 0 bridgehead atoms. The molecule has 7 heteroatoms. The van der Waals surface area contributed by atoms with Crippen LogP contribution in [0.25, 0.3) is 0 Å². The molecule has 0 radical (unpaired) electrons. The number of carbonyl (C=O) groups excluding carboxylic acids is 1. The molecule has 0 aliphatic rings. The van der Waals surface area contributed by atoms with Crippen LogP contribution in [0, 0.1) is 10.1 Å². The van der Waals surface area contributed by atoms with Gasteiger partial charge in [-0.05, 0) is 41.3 Å². The average molecular weight is 525 g/mol. The van der Waals surface area contributed by atoms with Crippen LogP contribution in [0.4, 0.5) is 10.5 Å². The average Bonchev–Trinajstić information content (AvgIpc) is 2.98. The van der Waals surface area contributed by atoms with Crippen molar-refractivity contribution < 1.29 is 14.5 Å². The maximum atomic E-state index is 12.5. The molecule has 0 spiro atoms. The molecule has 0 aromatic heterocycles. The van der Waals surface area contributed by atoms with Crippen LogP contribution >= 0.6 is 11.8 Å². The summed E-state index contributed by atoms with van der Waals surface area (Å²) < 4.78 is 4.81. The van der Waals surface area contributed by atoms with E-state index in [4.69, 9.17) is 4.74 Å². The van der Waals surface area contributed by atoms with E-state index in [9.17, 15) is 14.9 Å². The Morgan fingerprint density at radius 1 is 0.842 bits per heavy atom. The molecule has 4 rings (SSSR count). The van der Waals surface area contributed by atoms with Gasteiger partial charge in [0.25, 0.3) is 5.69 Å². The number of nitrogens with one attached hydrogen (secondary N) is 1. The summed E-state index contributed by atoms with van der Waals surface area (Å²) in [6.07, 6.45) is 1.44. The lowest BCUT2D eigenvalue weighted by atomic mass is 9.84. The number of thioether (sulfide) groups is 1. The van der Waals surface area contributed by atoms with Crippen LogP contribution in [0.15, 0.2) is 126 Å². The van der Waals surface area contributed by atoms with Gasteiger partial charge in [-0.2, -0.15) is 0 Å². The van der Waals surface area contributed by atoms with Gasteiger partial charge in [0.1, 0.15) is 6.61 Å². The van der Waals surface area contributed by atoms with E-state index in [1.807, 2.05) is 67.6 Å². The van der Waals surface area contributed by atoms with Crippen molar-refractivity contribution in [3.05, 3.63) is 159 Å². The van der Waals surface area contributed by atoms with E-state index in [0.29, 0.717) is 5.56 Å². The first-order valence-electron chi connectivity index (χ1n) is 12.2. The van der Waals surface area contributed by atoms with Gasteiger partial charge in [0, 0.05) is 17.0 Å². The number of hydrogen-bond acceptors (Lipinski definition) is 5. The molecule has 0 atom stereocenters. The predicted molar refractivity (Wildman–Crippen MR) is 152 cm³/mol. The van der Waals surface area contributed by atoms with Crippen molar-refractivity contribution in [2.24, 2.45) is 0 Å². The number of nitrogens with zero attached hydrogens (tertiary/aromatic N) is 1. The minimum atomic E-state index is -0.562. The molecule has 0 saturated heterocycles. The zero-order valence-corrected chi connectivity index (χ0v) is 21.8. The lowest BCUT2D eigenvalue weighted by molar-refractivity contribution is -0.384. The number of hydrogen-bond donors (Lipinski definition) is 1. The summed E-state index contributed by atoms with van der Waals surface area (Å²) in [5, 5.41) is 13.7. The molecule has 6 nitrogen and oxygen atoms in total. The lowest BCUT2D eigenvalue weighted by Gasteiger charge is -2.36. The summed E-state index contributed by atoms with van der Waals surface area (Å²) >= 11 is 1.68. The Morgan fingerprint density at radius 2 is 1.32 bits per heavy atom. The molecule has 1 N–H and O–H groups in total. The summed E-state index contributed by atoms with van der Waals surface area (Å²) in [7, 11) is 0. The largest absolute Gasteiger partial charge is 0.445 e. The van der Waals surface area contributed by atoms with E-state index in [1.165, 1.54) is 12.1 Å². The number of amides is 1. The first kappa shape index (κ1) is 26.7. The Morgan fingerprint density at radius 3 is 1.74 bits per heavy atom. The lowest BCUT2D eigenvalue weighted by Crippen LogP contribution is -2.29. The fourth-order valence-corrected chi connectivity index (χ4v) is 5.58. The van der Waals surface area contributed by atoms with Crippen molar-refractivity contribution in [1.82, 2.24) is 5.32 Å². The van der Waals surface area contributed by atoms with E-state index in [-0.39, 0.29) is 18.8 Å². The van der Waals surface area contributed by atoms with Gasteiger partial charge in [-0.25, -0.2) is 4.79 Å². The van der Waals surface area contributed by atoms with E-state index in [0.717, 1.165) is 21.6 Å². The SMILES string of the molecule is C/C=C(/CNC(=O)OCc1ccc([N+](=O)[O-])cc1)SC(c1ccccc1)(c1ccccc1)c1ccccc1. The van der Waals surface area contributed by atoms with Crippen LogP contribution in [0.2, 0.25) is 0 Å². The van der Waals surface area contributed by atoms with Gasteiger partial charge in [0.05, 0.1) is 16.2 Å². The Hall–Kier alpha value is -4.36. The molecule has 0 unspecified atom stereocenters. The molecule has 192 valence electrons. The van der Waals surface area contributed by atoms with E-state index in [1.54, 1.807) is 23.9 Å². The molecule has 1 amide bonds. The maximum Gasteiger partial charge on any atom is 0.407 e. The van der Waals surface area contributed by atoms with Gasteiger partial charge in [-0.15, -0.1) is 11.8 Å². The van der Waals surface area contributed by atoms with Gasteiger partial charge in [0.15, 0.2) is 0 Å². The highest BCUT2D eigenvalue weighted by molar-refractivity contribution is 8.04. The van der Waals surface area contributed by atoms with Crippen molar-refractivity contribution in [2.75, 3.05) is 6.54 Å². The third-order valence-corrected chi connectivity index (χ3v) is 7.73. The number of nitro groups is 1. The van der Waals surface area contributed by atoms with Crippen molar-refractivity contribution in [2.45, 2.75) is 18.3 Å². The standard InChI is InChI=1S/C31H28N2O4S/c1-2-29(22-32-30(34)37-23-24-18-20-28(21-19-24)33(35)36)38-31(25-12-6-3-7-13-25,26-14-8-4-9-15-26)27-16-10-5-11-17-27/h2-21H,22-23H2,1H3,(H,32,34)/b29-2-. The van der Waals surface area contributed by atoms with Crippen LogP contribution in [0.3, 0.4) is 0 Å². The smallest absolute Gasteiger partial charge is 0.407 e. The summed E-state index contributed by atoms with van der Waals surface area (Å²) in [5.41, 5.74) is 4.04. The second-order valence-corrected chi connectivity index (χ2v) is 9.83. The monoisotopic (exact) mass is 524 g/mol. The molecule has 4 aromatic carbocycles. The number of allylic oxidation sites excluding steroid dienone is 1. The molecule has 4 aromatic rings. The normalized spacial score (nSPS) is 11.6. The quantitative estimate of drug-likeness (QED) is 0.132. The van der Waals surface area contributed by atoms with Crippen LogP contribution in [-0.4, -0.2) is 17.6 Å². The third kappa shape index (κ3) is 6.30. The molecular weight excluding hydrogens is 496 g/mol. The number of non-ortho nitro benzene ring substituents is 1. The Balaban J connectivity index is 1.54. The van der Waals surface area contributed by atoms with Crippen LogP contribution < -0.4 is 5.32 Å². The summed E-state index contributed by atoms with van der Waals surface area (Å²) in [6, 6.07) is 37.0. The minimum Gasteiger partial charge on any atom is -0.445 e. The van der Waals surface area contributed by atoms with E-state index < -0.39 is 15.8 Å². The number of rotatable bonds is 10. The zero-order chi connectivity index (χ0) is 26.8. The predicted octanol–water partition coefficient (Wildman–Crippen LogP) is 7.45. The summed E-state index contributed by atoms with van der Waals surface area (Å²) in [6.45, 7) is 2.26. The molecule has 0 saturated carbocycles. The van der Waals surface area contributed by atoms with Gasteiger partial charge in [-0.3, -0.25) is 10.1 Å². The minimum absolute atomic E-state index is 0.00770. The third-order valence-electron chi connectivity index (χ3n) is 6.07. The van der Waals surface area contributed by atoms with Crippen molar-refractivity contribution >= 4 is 23.5 Å². The summed E-state index contributed by atoms with van der Waals surface area (Å²) in [5.74, 6) is 0. The Kier molecular flexibility index (Phi) is 8.95. The topological polar surface area (TPSA) is 81.5 Å². The number of nitro benzene ring substituents is 1. The fourth-order valence-electron chi connectivity index (χ4n) is 4.16. The fraction of sp³-hybridized carbons (Fsp3) is 0.129. The second-order valence-electron chi connectivity index (χ2n) is 8.49. The number of benzene rings is 4. The molecular formula is C31H28N2O4S. The van der Waals surface area contributed by atoms with Gasteiger partial charge in [-0.1, -0.05) is 97.1 Å². The van der Waals surface area contributed by atoms with E-state index >= 15 is 0 Å². The first-order chi connectivity index (χ1) is 18.5. The van der Waals surface area contributed by atoms with E-state index in [2.05, 4.69) is 41.7 Å². The molecule has 0 fully saturated rings. The van der Waals surface area contributed by atoms with Crippen LogP contribution in [0.1, 0.15) is 29.2 Å². The van der Waals surface area contributed by atoms with Gasteiger partial charge >= 0.3 is 6.09 Å². The molecule has 0 aliphatic carbocycles. The van der Waals surface area contributed by atoms with Crippen molar-refractivity contribution in [1.29, 1.82) is 0 Å². The zero-order valence-electron chi connectivity index (χ0n) is 20.9. The highest BCUT2D eigenvalue weighted by atomic mass is 32.2. The van der Waals surface area contributed by atoms with Crippen molar-refractivity contribution in [3.63, 3.8) is 0 Å². The molecule has 38 heavy (non-hydrogen) atoms. The second kappa shape index (κ2) is 12.7. The number of carbonyl (C=O) groups is 1. The van der Waals surface area contributed by atoms with Gasteiger partial charge < -0.3 is 10.1 Å². The first-order valence-corrected chi connectivity index (χ1v) is 13.0. The van der Waals surface area contributed by atoms with Crippen LogP contribution in [0.5, 0.6) is 0 Å². The highest BCUT2D eigenvalue weighted by Gasteiger charge is 2.38. The van der Waals surface area contributed by atoms with Crippen molar-refractivity contribution in [3.8, 4) is 0 Å². The Bertz CT molecular complexity index is 1280. The molecule has 0 heterocycles. The number of alkyl carbamates (subject to hydrolysis) is 1. The maximum absolute atomic E-state index is 12.5. The Labute approximate surface area is 226 Å². The molecule has 0 aliphatic heterocycles. The number of ether oxygens (including phenoxy) is 1.